The minimum Gasteiger partial charge on any atom is -0.280 e. The molecule has 0 fully saturated rings. The Morgan fingerprint density at radius 2 is 2.08 bits per heavy atom. The van der Waals surface area contributed by atoms with Gasteiger partial charge in [0, 0.05) is 4.70 Å². The van der Waals surface area contributed by atoms with Crippen LogP contribution in [0.3, 0.4) is 0 Å². The fourth-order valence-electron chi connectivity index (χ4n) is 1.05. The monoisotopic (exact) mass is 197 g/mol. The molecule has 0 aliphatic rings. The number of H-pyrrole nitrogens is 1. The van der Waals surface area contributed by atoms with Crippen LogP contribution in [0.25, 0.3) is 10.1 Å². The van der Waals surface area contributed by atoms with E-state index in [1.54, 1.807) is 0 Å². The van der Waals surface area contributed by atoms with E-state index in [1.807, 2.05) is 0 Å². The average Bonchev–Trinajstić information content (AvgIpc) is 2.06. The molecule has 2 rings (SSSR count). The largest absolute Gasteiger partial charge is 0.307 e. The van der Waals surface area contributed by atoms with Crippen LogP contribution in [0.4, 0.5) is 4.39 Å². The average molecular weight is 197 g/mol. The minimum atomic E-state index is -0.543. The number of aromatic nitrogens is 1. The summed E-state index contributed by atoms with van der Waals surface area (Å²) in [5, 5.41) is 0.213. The third-order valence-electron chi connectivity index (χ3n) is 1.60. The summed E-state index contributed by atoms with van der Waals surface area (Å²) in [6.45, 7) is 0. The third-order valence-corrected chi connectivity index (χ3v) is 2.47. The summed E-state index contributed by atoms with van der Waals surface area (Å²) < 4.78 is 13.2. The van der Waals surface area contributed by atoms with Crippen LogP contribution < -0.4 is 10.4 Å². The number of nitrogens with one attached hydrogen (secondary N) is 1. The highest BCUT2D eigenvalue weighted by Gasteiger charge is 2.01. The second-order valence-electron chi connectivity index (χ2n) is 2.48. The number of fused-ring (bicyclic) bond motifs is 1. The lowest BCUT2D eigenvalue weighted by molar-refractivity contribution is 0.629. The molecule has 1 N–H and O–H groups in total. The smallest absolute Gasteiger partial charge is 0.280 e. The van der Waals surface area contributed by atoms with E-state index in [2.05, 4.69) is 4.98 Å². The second-order valence-corrected chi connectivity index (χ2v) is 3.50. The predicted molar refractivity (Wildman–Crippen MR) is 48.7 cm³/mol. The summed E-state index contributed by atoms with van der Waals surface area (Å²) in [5.41, 5.74) is -0.543. The van der Waals surface area contributed by atoms with E-state index in [-0.39, 0.29) is 5.39 Å². The molecular formula is C8H4FNO2S. The van der Waals surface area contributed by atoms with E-state index in [0.717, 1.165) is 17.4 Å². The third kappa shape index (κ3) is 1.38. The second kappa shape index (κ2) is 2.77. The Hall–Kier alpha value is -1.49. The normalized spacial score (nSPS) is 10.5. The molecule has 3 nitrogen and oxygen atoms in total. The van der Waals surface area contributed by atoms with Gasteiger partial charge in [-0.1, -0.05) is 11.3 Å². The van der Waals surface area contributed by atoms with Crippen molar-refractivity contribution in [1.82, 2.24) is 4.98 Å². The molecule has 0 aliphatic carbocycles. The molecule has 0 radical (unpaired) electrons. The van der Waals surface area contributed by atoms with Crippen molar-refractivity contribution in [3.05, 3.63) is 44.0 Å². The Morgan fingerprint density at radius 3 is 2.85 bits per heavy atom. The molecule has 0 bridgehead atoms. The standard InChI is InChI=1S/C8H4FNO2S/c9-4-1-2-6-5(3-4)7(11)10-8(12)13-6/h1-3H,(H,10,11,12). The molecule has 1 aromatic carbocycles. The topological polar surface area (TPSA) is 49.9 Å². The van der Waals surface area contributed by atoms with Crippen molar-refractivity contribution in [2.75, 3.05) is 0 Å². The van der Waals surface area contributed by atoms with Gasteiger partial charge in [0.25, 0.3) is 5.56 Å². The Bertz CT molecular complexity index is 572. The lowest BCUT2D eigenvalue weighted by Crippen LogP contribution is -2.15. The molecule has 1 aromatic heterocycles. The van der Waals surface area contributed by atoms with Crippen LogP contribution in [0, 0.1) is 5.82 Å². The zero-order chi connectivity index (χ0) is 9.42. The maximum Gasteiger partial charge on any atom is 0.307 e. The number of halogens is 1. The highest BCUT2D eigenvalue weighted by atomic mass is 32.1. The molecule has 0 aliphatic heterocycles. The fraction of sp³-hybridized carbons (Fsp3) is 0. The summed E-state index contributed by atoms with van der Waals surface area (Å²) >= 11 is 0.887. The number of aromatic amines is 1. The van der Waals surface area contributed by atoms with Gasteiger partial charge in [0.1, 0.15) is 5.82 Å². The highest BCUT2D eigenvalue weighted by molar-refractivity contribution is 7.15. The van der Waals surface area contributed by atoms with Gasteiger partial charge in [0.2, 0.25) is 0 Å². The highest BCUT2D eigenvalue weighted by Crippen LogP contribution is 2.12. The Morgan fingerprint density at radius 1 is 1.31 bits per heavy atom. The maximum absolute atomic E-state index is 12.7. The fourth-order valence-corrected chi connectivity index (χ4v) is 1.80. The van der Waals surface area contributed by atoms with Gasteiger partial charge in [-0.3, -0.25) is 14.6 Å². The maximum atomic E-state index is 12.7. The first-order valence-corrected chi connectivity index (χ1v) is 4.31. The molecular weight excluding hydrogens is 193 g/mol. The Balaban J connectivity index is 3.04. The van der Waals surface area contributed by atoms with Crippen molar-refractivity contribution >= 4 is 21.4 Å². The summed E-state index contributed by atoms with van der Waals surface area (Å²) in [5.74, 6) is -0.483. The summed E-state index contributed by atoms with van der Waals surface area (Å²) in [6, 6.07) is 3.76. The number of hydrogen-bond donors (Lipinski definition) is 1. The summed E-state index contributed by atoms with van der Waals surface area (Å²) in [4.78, 5) is 23.6. The predicted octanol–water partition coefficient (Wildman–Crippen LogP) is 1.09. The first kappa shape index (κ1) is 8.12. The van der Waals surface area contributed by atoms with Gasteiger partial charge in [-0.2, -0.15) is 0 Å². The van der Waals surface area contributed by atoms with E-state index in [9.17, 15) is 14.0 Å². The van der Waals surface area contributed by atoms with Crippen LogP contribution in [0.1, 0.15) is 0 Å². The van der Waals surface area contributed by atoms with E-state index in [1.165, 1.54) is 12.1 Å². The molecule has 0 spiro atoms. The van der Waals surface area contributed by atoms with Crippen molar-refractivity contribution in [2.24, 2.45) is 0 Å². The molecule has 0 atom stereocenters. The van der Waals surface area contributed by atoms with Crippen molar-refractivity contribution < 1.29 is 4.39 Å². The lowest BCUT2D eigenvalue weighted by atomic mass is 10.3. The van der Waals surface area contributed by atoms with Gasteiger partial charge in [-0.15, -0.1) is 0 Å². The molecule has 0 saturated carbocycles. The van der Waals surface area contributed by atoms with Crippen LogP contribution in [0.5, 0.6) is 0 Å². The zero-order valence-corrected chi connectivity index (χ0v) is 7.15. The summed E-state index contributed by atoms with van der Waals surface area (Å²) in [7, 11) is 0. The number of rotatable bonds is 0. The van der Waals surface area contributed by atoms with Gasteiger partial charge >= 0.3 is 4.87 Å². The number of hydrogen-bond acceptors (Lipinski definition) is 3. The molecule has 0 saturated heterocycles. The van der Waals surface area contributed by atoms with Crippen molar-refractivity contribution in [3.63, 3.8) is 0 Å². The van der Waals surface area contributed by atoms with Crippen molar-refractivity contribution in [1.29, 1.82) is 0 Å². The van der Waals surface area contributed by atoms with Crippen LogP contribution >= 0.6 is 11.3 Å². The Labute approximate surface area is 75.5 Å². The van der Waals surface area contributed by atoms with Gasteiger partial charge < -0.3 is 0 Å². The quantitative estimate of drug-likeness (QED) is 0.687. The Kier molecular flexibility index (Phi) is 1.73. The lowest BCUT2D eigenvalue weighted by Gasteiger charge is -1.93. The molecule has 66 valence electrons. The first-order valence-electron chi connectivity index (χ1n) is 3.49. The van der Waals surface area contributed by atoms with E-state index >= 15 is 0 Å². The van der Waals surface area contributed by atoms with E-state index < -0.39 is 16.2 Å². The summed E-state index contributed by atoms with van der Waals surface area (Å²) in [6.07, 6.45) is 0. The first-order chi connectivity index (χ1) is 6.16. The number of benzene rings is 1. The van der Waals surface area contributed by atoms with Gasteiger partial charge in [-0.25, -0.2) is 4.39 Å². The SMILES string of the molecule is O=c1[nH]c(=O)c2cc(F)ccc2s1. The van der Waals surface area contributed by atoms with Crippen LogP contribution in [0.2, 0.25) is 0 Å². The van der Waals surface area contributed by atoms with Crippen molar-refractivity contribution in [2.45, 2.75) is 0 Å². The minimum absolute atomic E-state index is 0.213. The molecule has 2 aromatic rings. The molecule has 5 heteroatoms. The molecule has 0 amide bonds. The molecule has 0 unspecified atom stereocenters. The molecule has 13 heavy (non-hydrogen) atoms. The zero-order valence-electron chi connectivity index (χ0n) is 6.33. The van der Waals surface area contributed by atoms with Gasteiger partial charge in [0.05, 0.1) is 5.39 Å². The van der Waals surface area contributed by atoms with Crippen LogP contribution in [-0.4, -0.2) is 4.98 Å². The van der Waals surface area contributed by atoms with Crippen LogP contribution in [-0.2, 0) is 0 Å². The van der Waals surface area contributed by atoms with Crippen molar-refractivity contribution in [3.8, 4) is 0 Å². The van der Waals surface area contributed by atoms with E-state index in [4.69, 9.17) is 0 Å². The van der Waals surface area contributed by atoms with E-state index in [0.29, 0.717) is 4.70 Å². The molecule has 1 heterocycles. The van der Waals surface area contributed by atoms with Crippen LogP contribution in [0.15, 0.2) is 27.8 Å². The van der Waals surface area contributed by atoms with Gasteiger partial charge in [-0.05, 0) is 18.2 Å². The van der Waals surface area contributed by atoms with Gasteiger partial charge in [0.15, 0.2) is 0 Å².